The maximum atomic E-state index is 11.8. The van der Waals surface area contributed by atoms with Crippen LogP contribution in [0.25, 0.3) is 0 Å². The summed E-state index contributed by atoms with van der Waals surface area (Å²) in [7, 11) is 1.93. The van der Waals surface area contributed by atoms with E-state index in [-0.39, 0.29) is 17.4 Å². The molecule has 0 spiro atoms. The molecule has 0 bridgehead atoms. The summed E-state index contributed by atoms with van der Waals surface area (Å²) in [6.07, 6.45) is 1.34. The van der Waals surface area contributed by atoms with Gasteiger partial charge in [0.15, 0.2) is 0 Å². The molecule has 6 nitrogen and oxygen atoms in total. The molecule has 0 unspecified atom stereocenters. The third-order valence-corrected chi connectivity index (χ3v) is 3.22. The maximum Gasteiger partial charge on any atom is 0.410 e. The van der Waals surface area contributed by atoms with Crippen LogP contribution >= 0.6 is 11.6 Å². The van der Waals surface area contributed by atoms with E-state index < -0.39 is 5.60 Å². The Labute approximate surface area is 123 Å². The fourth-order valence-corrected chi connectivity index (χ4v) is 2.03. The third kappa shape index (κ3) is 3.50. The van der Waals surface area contributed by atoms with Crippen molar-refractivity contribution in [2.45, 2.75) is 32.4 Å². The van der Waals surface area contributed by atoms with E-state index in [4.69, 9.17) is 16.3 Å². The summed E-state index contributed by atoms with van der Waals surface area (Å²) in [5.74, 6) is 0.749. The van der Waals surface area contributed by atoms with E-state index in [2.05, 4.69) is 9.97 Å². The molecule has 110 valence electrons. The molecular weight excluding hydrogens is 280 g/mol. The van der Waals surface area contributed by atoms with Crippen LogP contribution in [0.2, 0.25) is 5.28 Å². The molecule has 0 N–H and O–H groups in total. The molecule has 1 aromatic rings. The standard InChI is InChI=1S/C13H19ClN4O2/c1-13(2,3)20-12(19)18-7-9(8-18)17(4)10-5-6-15-11(14)16-10/h5-6,9H,7-8H2,1-4H3. The van der Waals surface area contributed by atoms with Gasteiger partial charge < -0.3 is 14.5 Å². The molecule has 1 aliphatic heterocycles. The second kappa shape index (κ2) is 5.44. The SMILES string of the molecule is CN(c1ccnc(Cl)n1)C1CN(C(=O)OC(C)(C)C)C1. The van der Waals surface area contributed by atoms with Crippen molar-refractivity contribution in [3.05, 3.63) is 17.5 Å². The Morgan fingerprint density at radius 2 is 2.15 bits per heavy atom. The molecule has 7 heteroatoms. The first kappa shape index (κ1) is 14.8. The Balaban J connectivity index is 1.88. The van der Waals surface area contributed by atoms with Gasteiger partial charge in [-0.2, -0.15) is 0 Å². The Bertz CT molecular complexity index is 497. The van der Waals surface area contributed by atoms with Gasteiger partial charge in [0.2, 0.25) is 5.28 Å². The normalized spacial score (nSPS) is 15.8. The number of rotatable bonds is 2. The van der Waals surface area contributed by atoms with Crippen molar-refractivity contribution in [2.75, 3.05) is 25.0 Å². The lowest BCUT2D eigenvalue weighted by molar-refractivity contribution is 0.00846. The number of carbonyl (C=O) groups excluding carboxylic acids is 1. The summed E-state index contributed by atoms with van der Waals surface area (Å²) in [4.78, 5) is 23.5. The molecule has 20 heavy (non-hydrogen) atoms. The number of likely N-dealkylation sites (N-methyl/N-ethyl adjacent to an activating group) is 1. The highest BCUT2D eigenvalue weighted by molar-refractivity contribution is 6.28. The highest BCUT2D eigenvalue weighted by Gasteiger charge is 2.36. The van der Waals surface area contributed by atoms with Crippen LogP contribution in [-0.2, 0) is 4.74 Å². The van der Waals surface area contributed by atoms with Gasteiger partial charge in [0.1, 0.15) is 11.4 Å². The van der Waals surface area contributed by atoms with Gasteiger partial charge in [-0.3, -0.25) is 0 Å². The number of hydrogen-bond acceptors (Lipinski definition) is 5. The quantitative estimate of drug-likeness (QED) is 0.783. The zero-order valence-electron chi connectivity index (χ0n) is 12.1. The highest BCUT2D eigenvalue weighted by atomic mass is 35.5. The van der Waals surface area contributed by atoms with Crippen molar-refractivity contribution in [2.24, 2.45) is 0 Å². The molecule has 1 amide bonds. The monoisotopic (exact) mass is 298 g/mol. The predicted molar refractivity (Wildman–Crippen MR) is 77.0 cm³/mol. The minimum absolute atomic E-state index is 0.216. The maximum absolute atomic E-state index is 11.8. The average Bonchev–Trinajstić information content (AvgIpc) is 2.24. The van der Waals surface area contributed by atoms with Gasteiger partial charge in [-0.25, -0.2) is 14.8 Å². The van der Waals surface area contributed by atoms with Crippen molar-refractivity contribution in [3.63, 3.8) is 0 Å². The van der Waals surface area contributed by atoms with Crippen LogP contribution in [-0.4, -0.2) is 52.7 Å². The van der Waals surface area contributed by atoms with E-state index >= 15 is 0 Å². The van der Waals surface area contributed by atoms with Crippen LogP contribution in [0.1, 0.15) is 20.8 Å². The van der Waals surface area contributed by atoms with Crippen molar-refractivity contribution < 1.29 is 9.53 Å². The number of amides is 1. The van der Waals surface area contributed by atoms with E-state index in [9.17, 15) is 4.79 Å². The molecule has 0 saturated carbocycles. The van der Waals surface area contributed by atoms with E-state index in [0.29, 0.717) is 13.1 Å². The van der Waals surface area contributed by atoms with Crippen LogP contribution in [0.5, 0.6) is 0 Å². The first-order valence-electron chi connectivity index (χ1n) is 6.45. The fourth-order valence-electron chi connectivity index (χ4n) is 1.89. The van der Waals surface area contributed by atoms with Gasteiger partial charge >= 0.3 is 6.09 Å². The first-order chi connectivity index (χ1) is 9.26. The second-order valence-electron chi connectivity index (χ2n) is 5.83. The Kier molecular flexibility index (Phi) is 4.04. The number of carbonyl (C=O) groups is 1. The zero-order valence-corrected chi connectivity index (χ0v) is 12.9. The molecule has 2 rings (SSSR count). The largest absolute Gasteiger partial charge is 0.444 e. The molecule has 0 radical (unpaired) electrons. The molecular formula is C13H19ClN4O2. The smallest absolute Gasteiger partial charge is 0.410 e. The van der Waals surface area contributed by atoms with Crippen LogP contribution in [0.15, 0.2) is 12.3 Å². The fraction of sp³-hybridized carbons (Fsp3) is 0.615. The van der Waals surface area contributed by atoms with Gasteiger partial charge in [0, 0.05) is 26.3 Å². The van der Waals surface area contributed by atoms with Gasteiger partial charge in [0.05, 0.1) is 6.04 Å². The van der Waals surface area contributed by atoms with Crippen molar-refractivity contribution in [3.8, 4) is 0 Å². The topological polar surface area (TPSA) is 58.6 Å². The molecule has 2 heterocycles. The highest BCUT2D eigenvalue weighted by Crippen LogP contribution is 2.22. The molecule has 1 aliphatic rings. The summed E-state index contributed by atoms with van der Waals surface area (Å²) in [5.41, 5.74) is -0.464. The molecule has 1 fully saturated rings. The number of halogens is 1. The summed E-state index contributed by atoms with van der Waals surface area (Å²) in [5, 5.41) is 0.220. The first-order valence-corrected chi connectivity index (χ1v) is 6.83. The Morgan fingerprint density at radius 1 is 1.50 bits per heavy atom. The van der Waals surface area contributed by atoms with E-state index in [1.165, 1.54) is 0 Å². The van der Waals surface area contributed by atoms with Gasteiger partial charge in [-0.15, -0.1) is 0 Å². The van der Waals surface area contributed by atoms with Gasteiger partial charge in [-0.05, 0) is 38.4 Å². The van der Waals surface area contributed by atoms with Gasteiger partial charge in [0.25, 0.3) is 0 Å². The summed E-state index contributed by atoms with van der Waals surface area (Å²) in [6, 6.07) is 2.01. The van der Waals surface area contributed by atoms with Gasteiger partial charge in [-0.1, -0.05) is 0 Å². The van der Waals surface area contributed by atoms with Crippen molar-refractivity contribution >= 4 is 23.5 Å². The molecule has 1 saturated heterocycles. The summed E-state index contributed by atoms with van der Waals surface area (Å²) in [6.45, 7) is 6.81. The van der Waals surface area contributed by atoms with E-state index in [1.807, 2.05) is 32.7 Å². The minimum atomic E-state index is -0.464. The lowest BCUT2D eigenvalue weighted by atomic mass is 10.1. The number of hydrogen-bond donors (Lipinski definition) is 0. The Hall–Kier alpha value is -1.56. The number of aromatic nitrogens is 2. The van der Waals surface area contributed by atoms with Crippen LogP contribution < -0.4 is 4.90 Å². The molecule has 0 aliphatic carbocycles. The van der Waals surface area contributed by atoms with Crippen molar-refractivity contribution in [1.82, 2.24) is 14.9 Å². The van der Waals surface area contributed by atoms with E-state index in [1.54, 1.807) is 17.2 Å². The summed E-state index contributed by atoms with van der Waals surface area (Å²) < 4.78 is 5.32. The molecule has 0 atom stereocenters. The number of anilines is 1. The zero-order chi connectivity index (χ0) is 14.9. The second-order valence-corrected chi connectivity index (χ2v) is 6.17. The predicted octanol–water partition coefficient (Wildman–Crippen LogP) is 2.19. The third-order valence-electron chi connectivity index (χ3n) is 3.03. The lowest BCUT2D eigenvalue weighted by Crippen LogP contribution is -2.61. The van der Waals surface area contributed by atoms with Crippen molar-refractivity contribution in [1.29, 1.82) is 0 Å². The lowest BCUT2D eigenvalue weighted by Gasteiger charge is -2.44. The number of nitrogens with zero attached hydrogens (tertiary/aromatic N) is 4. The Morgan fingerprint density at radius 3 is 2.70 bits per heavy atom. The van der Waals surface area contributed by atoms with Crippen LogP contribution in [0.4, 0.5) is 10.6 Å². The number of ether oxygens (including phenoxy) is 1. The average molecular weight is 299 g/mol. The van der Waals surface area contributed by atoms with Crippen LogP contribution in [0.3, 0.4) is 0 Å². The van der Waals surface area contributed by atoms with E-state index in [0.717, 1.165) is 5.82 Å². The molecule has 0 aromatic carbocycles. The number of likely N-dealkylation sites (tertiary alicyclic amines) is 1. The molecule has 1 aromatic heterocycles. The summed E-state index contributed by atoms with van der Waals surface area (Å²) >= 11 is 5.77. The van der Waals surface area contributed by atoms with Crippen LogP contribution in [0, 0.1) is 0 Å². The minimum Gasteiger partial charge on any atom is -0.444 e.